The summed E-state index contributed by atoms with van der Waals surface area (Å²) in [7, 11) is 0. The second-order valence-electron chi connectivity index (χ2n) is 6.77. The fraction of sp³-hybridized carbons (Fsp3) is 1.00. The molecule has 2 rings (SSSR count). The Kier molecular flexibility index (Phi) is 4.14. The quantitative estimate of drug-likeness (QED) is 0.796. The van der Waals surface area contributed by atoms with Crippen molar-refractivity contribution >= 4 is 0 Å². The highest BCUT2D eigenvalue weighted by Crippen LogP contribution is 2.33. The van der Waals surface area contributed by atoms with E-state index >= 15 is 0 Å². The first kappa shape index (κ1) is 13.4. The number of nitrogens with zero attached hydrogens (tertiary/aromatic N) is 1. The lowest BCUT2D eigenvalue weighted by molar-refractivity contribution is 0.0427. The summed E-state index contributed by atoms with van der Waals surface area (Å²) in [6.07, 6.45) is 5.52. The standard InChI is InChI=1S/C15H30N2/c1-5-15(4)11-17(9-8-16-15)14-7-6-12(2)10-13(14)3/h12-14,16H,5-11H2,1-4H3. The maximum atomic E-state index is 3.70. The topological polar surface area (TPSA) is 15.3 Å². The Bertz CT molecular complexity index is 253. The van der Waals surface area contributed by atoms with E-state index in [0.717, 1.165) is 17.9 Å². The van der Waals surface area contributed by atoms with Crippen LogP contribution in [0.1, 0.15) is 53.4 Å². The molecule has 0 amide bonds. The number of rotatable bonds is 2. The van der Waals surface area contributed by atoms with Crippen LogP contribution in [0.5, 0.6) is 0 Å². The van der Waals surface area contributed by atoms with Crippen molar-refractivity contribution in [3.05, 3.63) is 0 Å². The molecular weight excluding hydrogens is 208 g/mol. The number of piperazine rings is 1. The fourth-order valence-electron chi connectivity index (χ4n) is 3.80. The highest BCUT2D eigenvalue weighted by atomic mass is 15.2. The second kappa shape index (κ2) is 5.27. The zero-order valence-electron chi connectivity index (χ0n) is 12.1. The van der Waals surface area contributed by atoms with Gasteiger partial charge in [0, 0.05) is 31.2 Å². The molecule has 0 aromatic carbocycles. The molecule has 2 nitrogen and oxygen atoms in total. The van der Waals surface area contributed by atoms with Crippen molar-refractivity contribution in [3.63, 3.8) is 0 Å². The first-order valence-electron chi connectivity index (χ1n) is 7.53. The van der Waals surface area contributed by atoms with E-state index < -0.39 is 0 Å². The van der Waals surface area contributed by atoms with Crippen LogP contribution in [-0.4, -0.2) is 36.1 Å². The molecule has 0 radical (unpaired) electrons. The van der Waals surface area contributed by atoms with E-state index in [9.17, 15) is 0 Å². The molecule has 1 saturated carbocycles. The Morgan fingerprint density at radius 2 is 2.06 bits per heavy atom. The first-order valence-corrected chi connectivity index (χ1v) is 7.53. The Labute approximate surface area is 107 Å². The molecule has 1 aliphatic carbocycles. The Morgan fingerprint density at radius 1 is 1.29 bits per heavy atom. The van der Waals surface area contributed by atoms with Crippen LogP contribution in [0.2, 0.25) is 0 Å². The minimum Gasteiger partial charge on any atom is -0.309 e. The minimum atomic E-state index is 0.348. The molecule has 100 valence electrons. The highest BCUT2D eigenvalue weighted by molar-refractivity contribution is 4.94. The van der Waals surface area contributed by atoms with Gasteiger partial charge in [0.15, 0.2) is 0 Å². The van der Waals surface area contributed by atoms with Gasteiger partial charge in [-0.3, -0.25) is 4.90 Å². The van der Waals surface area contributed by atoms with Crippen LogP contribution in [0.4, 0.5) is 0 Å². The maximum Gasteiger partial charge on any atom is 0.0278 e. The summed E-state index contributed by atoms with van der Waals surface area (Å²) in [5.41, 5.74) is 0.348. The average molecular weight is 238 g/mol. The van der Waals surface area contributed by atoms with Crippen molar-refractivity contribution in [1.82, 2.24) is 10.2 Å². The van der Waals surface area contributed by atoms with E-state index in [1.165, 1.54) is 45.3 Å². The molecule has 2 aliphatic rings. The van der Waals surface area contributed by atoms with E-state index in [-0.39, 0.29) is 0 Å². The predicted molar refractivity (Wildman–Crippen MR) is 74.2 cm³/mol. The third kappa shape index (κ3) is 3.03. The lowest BCUT2D eigenvalue weighted by atomic mass is 9.78. The van der Waals surface area contributed by atoms with Crippen LogP contribution >= 0.6 is 0 Å². The van der Waals surface area contributed by atoms with E-state index in [4.69, 9.17) is 0 Å². The number of hydrogen-bond acceptors (Lipinski definition) is 2. The number of hydrogen-bond donors (Lipinski definition) is 1. The first-order chi connectivity index (χ1) is 8.04. The molecular formula is C15H30N2. The summed E-state index contributed by atoms with van der Waals surface area (Å²) < 4.78 is 0. The monoisotopic (exact) mass is 238 g/mol. The van der Waals surface area contributed by atoms with Crippen molar-refractivity contribution < 1.29 is 0 Å². The minimum absolute atomic E-state index is 0.348. The predicted octanol–water partition coefficient (Wildman–Crippen LogP) is 2.89. The zero-order chi connectivity index (χ0) is 12.5. The molecule has 0 aromatic heterocycles. The smallest absolute Gasteiger partial charge is 0.0278 e. The van der Waals surface area contributed by atoms with Crippen LogP contribution in [0, 0.1) is 11.8 Å². The van der Waals surface area contributed by atoms with Crippen LogP contribution in [-0.2, 0) is 0 Å². The van der Waals surface area contributed by atoms with Gasteiger partial charge >= 0.3 is 0 Å². The molecule has 0 bridgehead atoms. The Hall–Kier alpha value is -0.0800. The molecule has 4 unspecified atom stereocenters. The van der Waals surface area contributed by atoms with Gasteiger partial charge in [-0.15, -0.1) is 0 Å². The summed E-state index contributed by atoms with van der Waals surface area (Å²) in [6.45, 7) is 13.2. The highest BCUT2D eigenvalue weighted by Gasteiger charge is 2.36. The van der Waals surface area contributed by atoms with Gasteiger partial charge in [-0.25, -0.2) is 0 Å². The molecule has 4 atom stereocenters. The Balaban J connectivity index is 1.97. The van der Waals surface area contributed by atoms with Gasteiger partial charge in [0.1, 0.15) is 0 Å². The van der Waals surface area contributed by atoms with Gasteiger partial charge in [-0.05, 0) is 44.4 Å². The normalized spacial score (nSPS) is 44.8. The zero-order valence-corrected chi connectivity index (χ0v) is 12.1. The molecule has 1 heterocycles. The van der Waals surface area contributed by atoms with Crippen molar-refractivity contribution in [1.29, 1.82) is 0 Å². The molecule has 1 N–H and O–H groups in total. The van der Waals surface area contributed by atoms with E-state index in [1.54, 1.807) is 0 Å². The van der Waals surface area contributed by atoms with Crippen molar-refractivity contribution in [2.24, 2.45) is 11.8 Å². The van der Waals surface area contributed by atoms with Gasteiger partial charge in [0.05, 0.1) is 0 Å². The van der Waals surface area contributed by atoms with Crippen molar-refractivity contribution in [2.45, 2.75) is 65.0 Å². The third-order valence-corrected chi connectivity index (χ3v) is 5.14. The van der Waals surface area contributed by atoms with Gasteiger partial charge < -0.3 is 5.32 Å². The van der Waals surface area contributed by atoms with Gasteiger partial charge in [0.25, 0.3) is 0 Å². The van der Waals surface area contributed by atoms with Gasteiger partial charge in [-0.1, -0.05) is 20.8 Å². The van der Waals surface area contributed by atoms with Crippen LogP contribution < -0.4 is 5.32 Å². The van der Waals surface area contributed by atoms with Crippen LogP contribution in [0.3, 0.4) is 0 Å². The molecule has 1 aliphatic heterocycles. The number of nitrogens with one attached hydrogen (secondary N) is 1. The van der Waals surface area contributed by atoms with Gasteiger partial charge in [0.2, 0.25) is 0 Å². The van der Waals surface area contributed by atoms with Gasteiger partial charge in [-0.2, -0.15) is 0 Å². The van der Waals surface area contributed by atoms with Crippen LogP contribution in [0.15, 0.2) is 0 Å². The Morgan fingerprint density at radius 3 is 2.71 bits per heavy atom. The fourth-order valence-corrected chi connectivity index (χ4v) is 3.80. The lowest BCUT2D eigenvalue weighted by Crippen LogP contribution is -2.61. The maximum absolute atomic E-state index is 3.70. The van der Waals surface area contributed by atoms with Crippen molar-refractivity contribution in [3.8, 4) is 0 Å². The van der Waals surface area contributed by atoms with E-state index in [1.807, 2.05) is 0 Å². The SMILES string of the molecule is CCC1(C)CN(C2CCC(C)CC2C)CCN1. The average Bonchev–Trinajstić information content (AvgIpc) is 2.29. The van der Waals surface area contributed by atoms with E-state index in [2.05, 4.69) is 37.9 Å². The molecule has 17 heavy (non-hydrogen) atoms. The molecule has 2 fully saturated rings. The summed E-state index contributed by atoms with van der Waals surface area (Å²) in [5, 5.41) is 3.70. The van der Waals surface area contributed by atoms with E-state index in [0.29, 0.717) is 5.54 Å². The molecule has 0 aromatic rings. The molecule has 0 spiro atoms. The molecule has 1 saturated heterocycles. The summed E-state index contributed by atoms with van der Waals surface area (Å²) in [5.74, 6) is 1.83. The lowest BCUT2D eigenvalue weighted by Gasteiger charge is -2.48. The second-order valence-corrected chi connectivity index (χ2v) is 6.77. The van der Waals surface area contributed by atoms with Crippen molar-refractivity contribution in [2.75, 3.05) is 19.6 Å². The molecule has 2 heteroatoms. The largest absolute Gasteiger partial charge is 0.309 e. The summed E-state index contributed by atoms with van der Waals surface area (Å²) >= 11 is 0. The summed E-state index contributed by atoms with van der Waals surface area (Å²) in [4.78, 5) is 2.77. The third-order valence-electron chi connectivity index (χ3n) is 5.14. The van der Waals surface area contributed by atoms with Crippen LogP contribution in [0.25, 0.3) is 0 Å². The summed E-state index contributed by atoms with van der Waals surface area (Å²) in [6, 6.07) is 0.846.